The molecular formula is C15H23N3O2. The third-order valence-corrected chi connectivity index (χ3v) is 3.60. The molecule has 0 spiro atoms. The zero-order chi connectivity index (χ0) is 14.4. The van der Waals surface area contributed by atoms with Gasteiger partial charge in [-0.25, -0.2) is 4.98 Å². The van der Waals surface area contributed by atoms with Gasteiger partial charge in [0.25, 0.3) is 5.91 Å². The first-order valence-corrected chi connectivity index (χ1v) is 7.30. The first kappa shape index (κ1) is 14.6. The van der Waals surface area contributed by atoms with E-state index >= 15 is 0 Å². The number of ether oxygens (including phenoxy) is 1. The molecule has 0 aliphatic heterocycles. The molecule has 0 atom stereocenters. The van der Waals surface area contributed by atoms with Gasteiger partial charge in [-0.3, -0.25) is 4.79 Å². The molecule has 1 fully saturated rings. The smallest absolute Gasteiger partial charge is 0.258 e. The van der Waals surface area contributed by atoms with E-state index in [1.165, 1.54) is 25.7 Å². The first-order valence-electron chi connectivity index (χ1n) is 7.30. The summed E-state index contributed by atoms with van der Waals surface area (Å²) in [5.74, 6) is 0.704. The van der Waals surface area contributed by atoms with E-state index in [2.05, 4.69) is 10.3 Å². The number of aromatic nitrogens is 1. The molecule has 1 aliphatic carbocycles. The van der Waals surface area contributed by atoms with Crippen molar-refractivity contribution >= 4 is 11.7 Å². The summed E-state index contributed by atoms with van der Waals surface area (Å²) in [4.78, 5) is 16.0. The van der Waals surface area contributed by atoms with Gasteiger partial charge in [0.05, 0.1) is 0 Å². The Morgan fingerprint density at radius 1 is 1.35 bits per heavy atom. The second-order valence-corrected chi connectivity index (χ2v) is 5.38. The predicted octanol–water partition coefficient (Wildman–Crippen LogP) is 2.19. The lowest BCUT2D eigenvalue weighted by molar-refractivity contribution is -0.123. The zero-order valence-electron chi connectivity index (χ0n) is 12.0. The van der Waals surface area contributed by atoms with E-state index < -0.39 is 0 Å². The molecule has 0 radical (unpaired) electrons. The van der Waals surface area contributed by atoms with Crippen LogP contribution >= 0.6 is 0 Å². The van der Waals surface area contributed by atoms with Gasteiger partial charge in [0, 0.05) is 11.7 Å². The van der Waals surface area contributed by atoms with E-state index in [9.17, 15) is 4.79 Å². The van der Waals surface area contributed by atoms with Gasteiger partial charge >= 0.3 is 0 Å². The molecule has 110 valence electrons. The third kappa shape index (κ3) is 4.40. The highest BCUT2D eigenvalue weighted by Gasteiger charge is 2.15. The number of hydrogen-bond acceptors (Lipinski definition) is 4. The molecule has 20 heavy (non-hydrogen) atoms. The molecule has 1 aromatic rings. The Hall–Kier alpha value is -1.78. The fraction of sp³-hybridized carbons (Fsp3) is 0.600. The minimum absolute atomic E-state index is 0.00849. The summed E-state index contributed by atoms with van der Waals surface area (Å²) in [6, 6.07) is 3.85. The van der Waals surface area contributed by atoms with Crippen LogP contribution < -0.4 is 15.8 Å². The second-order valence-electron chi connectivity index (χ2n) is 5.38. The fourth-order valence-corrected chi connectivity index (χ4v) is 2.52. The van der Waals surface area contributed by atoms with Crippen molar-refractivity contribution in [3.05, 3.63) is 17.8 Å². The summed E-state index contributed by atoms with van der Waals surface area (Å²) >= 11 is 0. The van der Waals surface area contributed by atoms with Crippen molar-refractivity contribution in [3.8, 4) is 5.75 Å². The maximum atomic E-state index is 11.9. The number of anilines is 1. The molecule has 3 N–H and O–H groups in total. The van der Waals surface area contributed by atoms with E-state index in [1.54, 1.807) is 6.07 Å². The lowest BCUT2D eigenvalue weighted by Crippen LogP contribution is -2.37. The van der Waals surface area contributed by atoms with Gasteiger partial charge in [-0.05, 0) is 31.9 Å². The molecule has 5 heteroatoms. The molecule has 1 aromatic heterocycles. The molecule has 2 rings (SSSR count). The number of carbonyl (C=O) groups is 1. The number of nitrogens with one attached hydrogen (secondary N) is 1. The summed E-state index contributed by atoms with van der Waals surface area (Å²) in [6.45, 7) is 1.85. The SMILES string of the molecule is Cc1ccc(OCC(=O)NC2CCCCCC2)c(N)n1. The van der Waals surface area contributed by atoms with Crippen molar-refractivity contribution in [2.45, 2.75) is 51.5 Å². The van der Waals surface area contributed by atoms with Crippen molar-refractivity contribution in [2.75, 3.05) is 12.3 Å². The maximum Gasteiger partial charge on any atom is 0.258 e. The molecule has 0 saturated heterocycles. The van der Waals surface area contributed by atoms with E-state index in [4.69, 9.17) is 10.5 Å². The molecule has 0 unspecified atom stereocenters. The van der Waals surface area contributed by atoms with Gasteiger partial charge in [-0.1, -0.05) is 25.7 Å². The number of amides is 1. The number of nitrogen functional groups attached to an aromatic ring is 1. The number of nitrogens with zero attached hydrogens (tertiary/aromatic N) is 1. The highest BCUT2D eigenvalue weighted by atomic mass is 16.5. The minimum Gasteiger partial charge on any atom is -0.480 e. The lowest BCUT2D eigenvalue weighted by atomic mass is 10.1. The highest BCUT2D eigenvalue weighted by molar-refractivity contribution is 5.78. The summed E-state index contributed by atoms with van der Waals surface area (Å²) < 4.78 is 5.43. The van der Waals surface area contributed by atoms with Crippen LogP contribution in [-0.2, 0) is 4.79 Å². The van der Waals surface area contributed by atoms with Gasteiger partial charge in [0.15, 0.2) is 18.2 Å². The van der Waals surface area contributed by atoms with Crippen LogP contribution in [0.5, 0.6) is 5.75 Å². The standard InChI is InChI=1S/C15H23N3O2/c1-11-8-9-13(15(16)17-11)20-10-14(19)18-12-6-4-2-3-5-7-12/h8-9,12H,2-7,10H2,1H3,(H2,16,17)(H,18,19). The van der Waals surface area contributed by atoms with Gasteiger partial charge in [0.2, 0.25) is 0 Å². The average Bonchev–Trinajstić information content (AvgIpc) is 2.66. The van der Waals surface area contributed by atoms with Crippen molar-refractivity contribution in [3.63, 3.8) is 0 Å². The average molecular weight is 277 g/mol. The monoisotopic (exact) mass is 277 g/mol. The Kier molecular flexibility index (Phi) is 5.21. The second kappa shape index (κ2) is 7.12. The predicted molar refractivity (Wildman–Crippen MR) is 78.5 cm³/mol. The van der Waals surface area contributed by atoms with Crippen LogP contribution in [0, 0.1) is 6.92 Å². The quantitative estimate of drug-likeness (QED) is 0.827. The summed E-state index contributed by atoms with van der Waals surface area (Å²) in [5.41, 5.74) is 6.58. The minimum atomic E-state index is -0.0862. The van der Waals surface area contributed by atoms with Crippen LogP contribution in [0.2, 0.25) is 0 Å². The Morgan fingerprint density at radius 3 is 2.70 bits per heavy atom. The summed E-state index contributed by atoms with van der Waals surface area (Å²) in [7, 11) is 0. The maximum absolute atomic E-state index is 11.9. The molecule has 1 heterocycles. The number of nitrogens with two attached hydrogens (primary N) is 1. The lowest BCUT2D eigenvalue weighted by Gasteiger charge is -2.16. The Balaban J connectivity index is 1.79. The Morgan fingerprint density at radius 2 is 2.05 bits per heavy atom. The van der Waals surface area contributed by atoms with Crippen molar-refractivity contribution in [1.82, 2.24) is 10.3 Å². The summed E-state index contributed by atoms with van der Waals surface area (Å²) in [6.07, 6.45) is 7.07. The number of aryl methyl sites for hydroxylation is 1. The van der Waals surface area contributed by atoms with Crippen molar-refractivity contribution < 1.29 is 9.53 Å². The molecule has 0 bridgehead atoms. The highest BCUT2D eigenvalue weighted by Crippen LogP contribution is 2.19. The van der Waals surface area contributed by atoms with Crippen LogP contribution in [0.1, 0.15) is 44.2 Å². The molecule has 0 aromatic carbocycles. The van der Waals surface area contributed by atoms with E-state index in [1.807, 2.05) is 13.0 Å². The van der Waals surface area contributed by atoms with Crippen LogP contribution in [0.25, 0.3) is 0 Å². The van der Waals surface area contributed by atoms with Gasteiger partial charge in [-0.15, -0.1) is 0 Å². The van der Waals surface area contributed by atoms with Crippen LogP contribution in [0.3, 0.4) is 0 Å². The van der Waals surface area contributed by atoms with E-state index in [-0.39, 0.29) is 12.5 Å². The number of rotatable bonds is 4. The number of pyridine rings is 1. The van der Waals surface area contributed by atoms with Crippen LogP contribution in [0.15, 0.2) is 12.1 Å². The molecule has 1 aliphatic rings. The van der Waals surface area contributed by atoms with Gasteiger partial charge in [-0.2, -0.15) is 0 Å². The molecule has 1 amide bonds. The topological polar surface area (TPSA) is 77.2 Å². The largest absolute Gasteiger partial charge is 0.480 e. The van der Waals surface area contributed by atoms with Crippen molar-refractivity contribution in [1.29, 1.82) is 0 Å². The molecular weight excluding hydrogens is 254 g/mol. The summed E-state index contributed by atoms with van der Waals surface area (Å²) in [5, 5.41) is 3.03. The van der Waals surface area contributed by atoms with E-state index in [0.29, 0.717) is 17.6 Å². The fourth-order valence-electron chi connectivity index (χ4n) is 2.52. The van der Waals surface area contributed by atoms with E-state index in [0.717, 1.165) is 18.5 Å². The van der Waals surface area contributed by atoms with Gasteiger partial charge in [0.1, 0.15) is 0 Å². The van der Waals surface area contributed by atoms with Crippen LogP contribution in [0.4, 0.5) is 5.82 Å². The number of hydrogen-bond donors (Lipinski definition) is 2. The zero-order valence-corrected chi connectivity index (χ0v) is 12.0. The van der Waals surface area contributed by atoms with Crippen molar-refractivity contribution in [2.24, 2.45) is 0 Å². The third-order valence-electron chi connectivity index (χ3n) is 3.60. The normalized spacial score (nSPS) is 16.4. The molecule has 1 saturated carbocycles. The van der Waals surface area contributed by atoms with Gasteiger partial charge < -0.3 is 15.8 Å². The van der Waals surface area contributed by atoms with Crippen LogP contribution in [-0.4, -0.2) is 23.5 Å². The molecule has 5 nitrogen and oxygen atoms in total. The Bertz CT molecular complexity index is 454. The first-order chi connectivity index (χ1) is 9.65. The number of carbonyl (C=O) groups excluding carboxylic acids is 1. The Labute approximate surface area is 119 Å².